The summed E-state index contributed by atoms with van der Waals surface area (Å²) in [6.45, 7) is 4.99. The Morgan fingerprint density at radius 2 is 0.643 bits per heavy atom. The summed E-state index contributed by atoms with van der Waals surface area (Å²) in [4.78, 5) is 0. The lowest BCUT2D eigenvalue weighted by Gasteiger charge is -2.48. The predicted octanol–water partition coefficient (Wildman–Crippen LogP) is 9.46. The van der Waals surface area contributed by atoms with E-state index in [1.165, 1.54) is 57.8 Å². The van der Waals surface area contributed by atoms with E-state index in [1.54, 1.807) is 77.0 Å². The third-order valence-electron chi connectivity index (χ3n) is 10.0. The van der Waals surface area contributed by atoms with Gasteiger partial charge in [0.1, 0.15) is 0 Å². The first kappa shape index (κ1) is 21.2. The summed E-state index contributed by atoms with van der Waals surface area (Å²) >= 11 is 0. The molecule has 0 aromatic carbocycles. The van der Waals surface area contributed by atoms with Crippen molar-refractivity contribution in [2.24, 2.45) is 28.1 Å². The molecule has 0 bridgehead atoms. The van der Waals surface area contributed by atoms with Crippen LogP contribution < -0.4 is 0 Å². The van der Waals surface area contributed by atoms with Crippen LogP contribution in [0.5, 0.6) is 0 Å². The molecule has 28 heavy (non-hydrogen) atoms. The molecule has 0 atom stereocenters. The van der Waals surface area contributed by atoms with Gasteiger partial charge in [-0.2, -0.15) is 0 Å². The molecular weight excluding hydrogens is 336 g/mol. The van der Waals surface area contributed by atoms with Crippen molar-refractivity contribution in [1.29, 1.82) is 0 Å². The number of hydrogen-bond acceptors (Lipinski definition) is 0. The summed E-state index contributed by atoms with van der Waals surface area (Å²) in [7, 11) is 0. The molecule has 4 rings (SSSR count). The lowest BCUT2D eigenvalue weighted by molar-refractivity contribution is 0.0317. The van der Waals surface area contributed by atoms with Crippen molar-refractivity contribution < 1.29 is 0 Å². The predicted molar refractivity (Wildman–Crippen MR) is 123 cm³/mol. The van der Waals surface area contributed by atoms with Gasteiger partial charge in [0.15, 0.2) is 0 Å². The van der Waals surface area contributed by atoms with Crippen LogP contribution in [0, 0.1) is 28.1 Å². The van der Waals surface area contributed by atoms with Crippen LogP contribution in [0.25, 0.3) is 0 Å². The minimum atomic E-state index is 0.781. The Kier molecular flexibility index (Phi) is 6.84. The van der Waals surface area contributed by atoms with Crippen LogP contribution in [0.4, 0.5) is 0 Å². The molecule has 0 saturated heterocycles. The van der Waals surface area contributed by atoms with E-state index in [9.17, 15) is 0 Å². The van der Waals surface area contributed by atoms with Crippen molar-refractivity contribution in [2.45, 2.75) is 149 Å². The van der Waals surface area contributed by atoms with Crippen LogP contribution in [0.3, 0.4) is 0 Å². The highest BCUT2D eigenvalue weighted by atomic mass is 14.5. The van der Waals surface area contributed by atoms with E-state index in [4.69, 9.17) is 0 Å². The molecule has 162 valence electrons. The molecule has 4 aliphatic rings. The van der Waals surface area contributed by atoms with Gasteiger partial charge >= 0.3 is 0 Å². The van der Waals surface area contributed by atoms with Crippen molar-refractivity contribution >= 4 is 0 Å². The highest BCUT2D eigenvalue weighted by molar-refractivity contribution is 4.94. The lowest BCUT2D eigenvalue weighted by atomic mass is 9.57. The summed E-state index contributed by atoms with van der Waals surface area (Å²) in [5.41, 5.74) is 2.36. The zero-order chi connectivity index (χ0) is 19.5. The molecule has 0 unspecified atom stereocenters. The van der Waals surface area contributed by atoms with Gasteiger partial charge in [-0.05, 0) is 105 Å². The quantitative estimate of drug-likeness (QED) is 0.389. The van der Waals surface area contributed by atoms with E-state index in [0.29, 0.717) is 0 Å². The van der Waals surface area contributed by atoms with E-state index in [2.05, 4.69) is 13.8 Å². The van der Waals surface area contributed by atoms with Crippen LogP contribution in [-0.4, -0.2) is 0 Å². The second kappa shape index (κ2) is 9.01. The van der Waals surface area contributed by atoms with Gasteiger partial charge < -0.3 is 0 Å². The Morgan fingerprint density at radius 1 is 0.357 bits per heavy atom. The molecule has 0 radical (unpaired) electrons. The fraction of sp³-hybridized carbons (Fsp3) is 1.00. The molecule has 4 saturated carbocycles. The molecule has 0 aromatic rings. The smallest absolute Gasteiger partial charge is 0.0292 e. The topological polar surface area (TPSA) is 0 Å². The minimum absolute atomic E-state index is 0.781. The normalized spacial score (nSPS) is 43.1. The summed E-state index contributed by atoms with van der Waals surface area (Å²) < 4.78 is 0. The van der Waals surface area contributed by atoms with Crippen molar-refractivity contribution in [3.05, 3.63) is 0 Å². The Morgan fingerprint density at radius 3 is 0.929 bits per heavy atom. The first-order chi connectivity index (χ1) is 13.5. The second-order valence-corrected chi connectivity index (χ2v) is 12.7. The Labute approximate surface area is 177 Å². The van der Waals surface area contributed by atoms with E-state index < -0.39 is 0 Å². The summed E-state index contributed by atoms with van der Waals surface area (Å²) in [5, 5.41) is 0. The standard InChI is InChI=1S/C28H50/c1-24-20-27(21-24)14-6-3-5-12-26(18-11-19-26)13-9-10-17-28(22-25(2)23-28)16-8-4-7-15-27/h24-25H,3-23H2,1-2H3. The SMILES string of the molecule is CC1CC2(CCCCCC3(CCCCC4(CCCCC2)CC(C)C4)CCC3)C1. The maximum Gasteiger partial charge on any atom is -0.0292 e. The van der Waals surface area contributed by atoms with Gasteiger partial charge in [0.25, 0.3) is 0 Å². The fourth-order valence-corrected chi connectivity index (χ4v) is 8.56. The molecule has 0 amide bonds. The van der Waals surface area contributed by atoms with Crippen LogP contribution >= 0.6 is 0 Å². The first-order valence-electron chi connectivity index (χ1n) is 13.5. The average molecular weight is 387 g/mol. The van der Waals surface area contributed by atoms with E-state index in [1.807, 2.05) is 0 Å². The van der Waals surface area contributed by atoms with Crippen LogP contribution in [-0.2, 0) is 0 Å². The maximum absolute atomic E-state index is 2.50. The Hall–Kier alpha value is 0. The third-order valence-corrected chi connectivity index (χ3v) is 10.0. The van der Waals surface area contributed by atoms with Gasteiger partial charge in [0, 0.05) is 0 Å². The van der Waals surface area contributed by atoms with Gasteiger partial charge in [0.2, 0.25) is 0 Å². The third kappa shape index (κ3) is 5.00. The molecule has 0 heterocycles. The van der Waals surface area contributed by atoms with E-state index in [0.717, 1.165) is 28.1 Å². The molecule has 0 heteroatoms. The van der Waals surface area contributed by atoms with Crippen molar-refractivity contribution in [3.63, 3.8) is 0 Å². The molecule has 0 N–H and O–H groups in total. The zero-order valence-corrected chi connectivity index (χ0v) is 19.5. The Bertz CT molecular complexity index is 472. The second-order valence-electron chi connectivity index (χ2n) is 12.7. The molecule has 0 aromatic heterocycles. The van der Waals surface area contributed by atoms with Crippen LogP contribution in [0.2, 0.25) is 0 Å². The van der Waals surface area contributed by atoms with E-state index >= 15 is 0 Å². The van der Waals surface area contributed by atoms with Gasteiger partial charge in [0.05, 0.1) is 0 Å². The Balaban J connectivity index is 1.32. The van der Waals surface area contributed by atoms with Gasteiger partial charge in [-0.3, -0.25) is 0 Å². The number of hydrogen-bond donors (Lipinski definition) is 0. The van der Waals surface area contributed by atoms with Crippen molar-refractivity contribution in [1.82, 2.24) is 0 Å². The number of rotatable bonds is 0. The molecule has 3 spiro atoms. The van der Waals surface area contributed by atoms with Gasteiger partial charge in [-0.25, -0.2) is 0 Å². The molecular formula is C28H50. The summed E-state index contributed by atoms with van der Waals surface area (Å²) in [5.74, 6) is 2.04. The summed E-state index contributed by atoms with van der Waals surface area (Å²) in [6, 6.07) is 0. The van der Waals surface area contributed by atoms with Crippen LogP contribution in [0.15, 0.2) is 0 Å². The zero-order valence-electron chi connectivity index (χ0n) is 19.5. The first-order valence-corrected chi connectivity index (χ1v) is 13.5. The van der Waals surface area contributed by atoms with Gasteiger partial charge in [-0.1, -0.05) is 71.6 Å². The van der Waals surface area contributed by atoms with E-state index in [-0.39, 0.29) is 0 Å². The monoisotopic (exact) mass is 386 g/mol. The van der Waals surface area contributed by atoms with Gasteiger partial charge in [-0.15, -0.1) is 0 Å². The minimum Gasteiger partial charge on any atom is -0.0625 e. The van der Waals surface area contributed by atoms with Crippen LogP contribution in [0.1, 0.15) is 149 Å². The fourth-order valence-electron chi connectivity index (χ4n) is 8.56. The molecule has 4 fully saturated rings. The molecule has 0 aliphatic heterocycles. The lowest BCUT2D eigenvalue weighted by Crippen LogP contribution is -2.36. The highest BCUT2D eigenvalue weighted by Crippen LogP contribution is 2.55. The largest absolute Gasteiger partial charge is 0.0625 e. The maximum atomic E-state index is 2.50. The highest BCUT2D eigenvalue weighted by Gasteiger charge is 2.42. The van der Waals surface area contributed by atoms with Crippen molar-refractivity contribution in [2.75, 3.05) is 0 Å². The summed E-state index contributed by atoms with van der Waals surface area (Å²) in [6.07, 6.45) is 32.5. The molecule has 4 aliphatic carbocycles. The average Bonchev–Trinajstić information content (AvgIpc) is 2.58. The van der Waals surface area contributed by atoms with Crippen molar-refractivity contribution in [3.8, 4) is 0 Å². The molecule has 0 nitrogen and oxygen atoms in total.